The Morgan fingerprint density at radius 1 is 1.00 bits per heavy atom. The Hall–Kier alpha value is -0.693. The predicted octanol–water partition coefficient (Wildman–Crippen LogP) is 6.39. The van der Waals surface area contributed by atoms with E-state index in [1.807, 2.05) is 6.08 Å². The summed E-state index contributed by atoms with van der Waals surface area (Å²) in [5.74, 6) is -0.0365. The van der Waals surface area contributed by atoms with E-state index in [0.717, 1.165) is 4.91 Å². The van der Waals surface area contributed by atoms with Crippen LogP contribution in [0.25, 0.3) is 0 Å². The third-order valence-electron chi connectivity index (χ3n) is 4.30. The Morgan fingerprint density at radius 3 is 2.12 bits per heavy atom. The first kappa shape index (κ1) is 19.6. The van der Waals surface area contributed by atoms with E-state index in [0.29, 0.717) is 19.0 Å². The minimum atomic E-state index is -1.72. The lowest BCUT2D eigenvalue weighted by atomic mass is 10.2. The minimum absolute atomic E-state index is 0.217. The van der Waals surface area contributed by atoms with Gasteiger partial charge in [0.1, 0.15) is 6.61 Å². The van der Waals surface area contributed by atoms with Gasteiger partial charge in [0.05, 0.1) is 6.61 Å². The summed E-state index contributed by atoms with van der Waals surface area (Å²) >= 11 is 0. The quantitative estimate of drug-likeness (QED) is 0.418. The number of benzene rings is 1. The fourth-order valence-electron chi connectivity index (χ4n) is 1.67. The molecule has 1 aromatic carbocycles. The summed E-state index contributed by atoms with van der Waals surface area (Å²) in [6.07, 6.45) is 4.11. The van der Waals surface area contributed by atoms with Crippen LogP contribution >= 0.6 is 21.6 Å². The molecule has 2 nitrogen and oxygen atoms in total. The molecule has 0 aliphatic carbocycles. The molecule has 132 valence electrons. The zero-order valence-corrected chi connectivity index (χ0v) is 17.5. The summed E-state index contributed by atoms with van der Waals surface area (Å²) in [6, 6.07) is 6.48. The molecule has 0 aromatic heterocycles. The van der Waals surface area contributed by atoms with Crippen molar-refractivity contribution in [2.45, 2.75) is 38.9 Å². The van der Waals surface area contributed by atoms with Gasteiger partial charge in [0.2, 0.25) is 0 Å². The number of para-hydroxylation sites is 1. The van der Waals surface area contributed by atoms with Crippen LogP contribution in [0.15, 0.2) is 46.2 Å². The van der Waals surface area contributed by atoms with E-state index in [2.05, 4.69) is 39.9 Å². The summed E-state index contributed by atoms with van der Waals surface area (Å²) in [7, 11) is 1.62. The molecule has 0 unspecified atom stereocenters. The number of ether oxygens (including phenoxy) is 1. The van der Waals surface area contributed by atoms with Crippen LogP contribution in [0.1, 0.15) is 20.8 Å². The third-order valence-corrected chi connectivity index (χ3v) is 11.3. The van der Waals surface area contributed by atoms with Crippen LogP contribution in [0.5, 0.6) is 5.75 Å². The summed E-state index contributed by atoms with van der Waals surface area (Å²) < 4.78 is 25.3. The van der Waals surface area contributed by atoms with Crippen LogP contribution < -0.4 is 4.74 Å². The van der Waals surface area contributed by atoms with Gasteiger partial charge in [-0.25, -0.2) is 4.39 Å². The summed E-state index contributed by atoms with van der Waals surface area (Å²) in [5.41, 5.74) is 0. The molecule has 0 saturated heterocycles. The zero-order chi connectivity index (χ0) is 17.8. The standard InChI is InChI=1S/C18H25FO2S2Si/c1-18(2,3)24(4,5)21-13-15-11-10-14(22-23-15)12-20-17-9-7-6-8-16(17)19/h6-11H,12-13H2,1-5H3. The Bertz CT molecular complexity index is 636. The molecule has 6 heteroatoms. The molecule has 0 fully saturated rings. The van der Waals surface area contributed by atoms with Gasteiger partial charge in [-0.3, -0.25) is 0 Å². The molecule has 1 aliphatic rings. The number of hydrogen-bond acceptors (Lipinski definition) is 4. The highest BCUT2D eigenvalue weighted by atomic mass is 33.1. The largest absolute Gasteiger partial charge is 0.485 e. The van der Waals surface area contributed by atoms with Crippen molar-refractivity contribution in [3.05, 3.63) is 52.0 Å². The first-order valence-electron chi connectivity index (χ1n) is 7.94. The molecule has 0 bridgehead atoms. The predicted molar refractivity (Wildman–Crippen MR) is 106 cm³/mol. The summed E-state index contributed by atoms with van der Waals surface area (Å²) in [5, 5.41) is 0.217. The number of allylic oxidation sites excluding steroid dienone is 2. The zero-order valence-electron chi connectivity index (χ0n) is 14.9. The maximum atomic E-state index is 13.5. The van der Waals surface area contributed by atoms with Gasteiger partial charge >= 0.3 is 0 Å². The second-order valence-corrected chi connectivity index (χ2v) is 14.4. The maximum Gasteiger partial charge on any atom is 0.192 e. The van der Waals surface area contributed by atoms with Gasteiger partial charge in [0, 0.05) is 9.81 Å². The highest BCUT2D eigenvalue weighted by Gasteiger charge is 2.37. The van der Waals surface area contributed by atoms with E-state index in [-0.39, 0.29) is 10.9 Å². The molecular weight excluding hydrogens is 359 g/mol. The van der Waals surface area contributed by atoms with Crippen molar-refractivity contribution in [1.82, 2.24) is 0 Å². The molecule has 1 heterocycles. The molecular formula is C18H25FO2S2Si. The molecule has 0 saturated carbocycles. The van der Waals surface area contributed by atoms with Gasteiger partial charge in [-0.15, -0.1) is 0 Å². The smallest absolute Gasteiger partial charge is 0.192 e. The Balaban J connectivity index is 1.87. The Labute approximate surface area is 153 Å². The topological polar surface area (TPSA) is 18.5 Å². The van der Waals surface area contributed by atoms with Crippen LogP contribution in [0.2, 0.25) is 18.1 Å². The van der Waals surface area contributed by atoms with E-state index in [4.69, 9.17) is 9.16 Å². The van der Waals surface area contributed by atoms with Crippen LogP contribution in [-0.2, 0) is 4.43 Å². The van der Waals surface area contributed by atoms with Crippen molar-refractivity contribution >= 4 is 29.9 Å². The fourth-order valence-corrected chi connectivity index (χ4v) is 4.67. The van der Waals surface area contributed by atoms with E-state index in [1.54, 1.807) is 39.8 Å². The molecule has 0 radical (unpaired) electrons. The monoisotopic (exact) mass is 384 g/mol. The fraction of sp³-hybridized carbons (Fsp3) is 0.444. The lowest BCUT2D eigenvalue weighted by molar-refractivity contribution is 0.325. The lowest BCUT2D eigenvalue weighted by Gasteiger charge is -2.36. The van der Waals surface area contributed by atoms with Gasteiger partial charge in [-0.1, -0.05) is 54.5 Å². The lowest BCUT2D eigenvalue weighted by Crippen LogP contribution is -2.41. The molecule has 0 atom stereocenters. The van der Waals surface area contributed by atoms with Crippen molar-refractivity contribution < 1.29 is 13.6 Å². The number of halogens is 1. The highest BCUT2D eigenvalue weighted by molar-refractivity contribution is 8.79. The van der Waals surface area contributed by atoms with Crippen molar-refractivity contribution in [2.75, 3.05) is 13.2 Å². The summed E-state index contributed by atoms with van der Waals surface area (Å²) in [6.45, 7) is 12.3. The maximum absolute atomic E-state index is 13.5. The number of hydrogen-bond donors (Lipinski definition) is 0. The van der Waals surface area contributed by atoms with E-state index >= 15 is 0 Å². The average Bonchev–Trinajstić information content (AvgIpc) is 2.52. The van der Waals surface area contributed by atoms with Gasteiger partial charge < -0.3 is 9.16 Å². The third kappa shape index (κ3) is 5.41. The molecule has 24 heavy (non-hydrogen) atoms. The molecule has 0 spiro atoms. The van der Waals surface area contributed by atoms with E-state index < -0.39 is 8.32 Å². The second-order valence-electron chi connectivity index (χ2n) is 7.20. The van der Waals surface area contributed by atoms with Gasteiger partial charge in [-0.05, 0) is 42.4 Å². The first-order valence-corrected chi connectivity index (χ1v) is 13.0. The molecule has 1 aliphatic heterocycles. The van der Waals surface area contributed by atoms with Crippen LogP contribution in [0.4, 0.5) is 4.39 Å². The van der Waals surface area contributed by atoms with Crippen LogP contribution in [0.3, 0.4) is 0 Å². The van der Waals surface area contributed by atoms with Crippen molar-refractivity contribution in [2.24, 2.45) is 0 Å². The van der Waals surface area contributed by atoms with E-state index in [9.17, 15) is 4.39 Å². The Morgan fingerprint density at radius 2 is 1.58 bits per heavy atom. The highest BCUT2D eigenvalue weighted by Crippen LogP contribution is 2.42. The minimum Gasteiger partial charge on any atom is -0.485 e. The normalized spacial score (nSPS) is 15.8. The first-order chi connectivity index (χ1) is 11.2. The molecule has 0 N–H and O–H groups in total. The van der Waals surface area contributed by atoms with Crippen LogP contribution in [-0.4, -0.2) is 21.5 Å². The van der Waals surface area contributed by atoms with Crippen LogP contribution in [0, 0.1) is 5.82 Å². The van der Waals surface area contributed by atoms with Gasteiger partial charge in [0.25, 0.3) is 0 Å². The van der Waals surface area contributed by atoms with Gasteiger partial charge in [-0.2, -0.15) is 0 Å². The van der Waals surface area contributed by atoms with Crippen molar-refractivity contribution in [3.63, 3.8) is 0 Å². The summed E-state index contributed by atoms with van der Waals surface area (Å²) in [4.78, 5) is 2.28. The van der Waals surface area contributed by atoms with Crippen molar-refractivity contribution in [3.8, 4) is 5.75 Å². The SMILES string of the molecule is CC(C)(C)[Si](C)(C)OCC1=CC=C(COc2ccccc2F)SS1. The molecule has 2 rings (SSSR count). The Kier molecular flexibility index (Phi) is 6.64. The number of rotatable bonds is 6. The second kappa shape index (κ2) is 8.12. The van der Waals surface area contributed by atoms with E-state index in [1.165, 1.54) is 11.0 Å². The van der Waals surface area contributed by atoms with Gasteiger partial charge in [0.15, 0.2) is 19.9 Å². The average molecular weight is 385 g/mol. The molecule has 0 amide bonds. The van der Waals surface area contributed by atoms with Crippen molar-refractivity contribution in [1.29, 1.82) is 0 Å². The molecule has 1 aromatic rings.